The number of hydrogen-bond donors (Lipinski definition) is 2. The smallest absolute Gasteiger partial charge is 0.257 e. The molecule has 0 unspecified atom stereocenters. The highest BCUT2D eigenvalue weighted by atomic mass is 35.5. The fourth-order valence-electron chi connectivity index (χ4n) is 1.07. The van der Waals surface area contributed by atoms with Gasteiger partial charge in [0.15, 0.2) is 0 Å². The van der Waals surface area contributed by atoms with Crippen LogP contribution in [0.25, 0.3) is 0 Å². The Bertz CT molecular complexity index is 354. The lowest BCUT2D eigenvalue weighted by Gasteiger charge is -2.11. The topological polar surface area (TPSA) is 55.1 Å². The maximum Gasteiger partial charge on any atom is 0.257 e. The molecule has 90 valence electrons. The molecular weight excluding hydrogens is 238 g/mol. The van der Waals surface area contributed by atoms with Gasteiger partial charge in [0.2, 0.25) is 0 Å². The quantitative estimate of drug-likeness (QED) is 0.854. The third-order valence-electron chi connectivity index (χ3n) is 1.92. The third kappa shape index (κ3) is 3.43. The van der Waals surface area contributed by atoms with Crippen LogP contribution in [0.2, 0.25) is 0 Å². The van der Waals surface area contributed by atoms with E-state index in [9.17, 15) is 13.6 Å². The fourth-order valence-corrected chi connectivity index (χ4v) is 1.07. The second-order valence-electron chi connectivity index (χ2n) is 3.21. The summed E-state index contributed by atoms with van der Waals surface area (Å²) in [4.78, 5) is 11.4. The van der Waals surface area contributed by atoms with Crippen LogP contribution < -0.4 is 11.1 Å². The fraction of sp³-hybridized carbons (Fsp3) is 0.300. The van der Waals surface area contributed by atoms with Crippen molar-refractivity contribution in [2.24, 2.45) is 5.73 Å². The van der Waals surface area contributed by atoms with E-state index in [1.165, 1.54) is 6.07 Å². The van der Waals surface area contributed by atoms with Gasteiger partial charge in [0.1, 0.15) is 17.2 Å². The molecule has 1 amide bonds. The molecule has 0 heterocycles. The molecule has 0 spiro atoms. The molecule has 0 fully saturated rings. The number of nitrogens with two attached hydrogens (primary N) is 1. The average molecular weight is 251 g/mol. The summed E-state index contributed by atoms with van der Waals surface area (Å²) in [6, 6.07) is 2.95. The molecule has 1 atom stereocenters. The van der Waals surface area contributed by atoms with Crippen LogP contribution in [0.1, 0.15) is 17.3 Å². The second-order valence-corrected chi connectivity index (χ2v) is 3.21. The monoisotopic (exact) mass is 250 g/mol. The molecular formula is C10H13ClF2N2O. The highest BCUT2D eigenvalue weighted by Gasteiger charge is 2.17. The maximum atomic E-state index is 13.1. The summed E-state index contributed by atoms with van der Waals surface area (Å²) in [5.41, 5.74) is 4.70. The van der Waals surface area contributed by atoms with Crippen molar-refractivity contribution in [2.75, 3.05) is 6.54 Å². The van der Waals surface area contributed by atoms with Crippen molar-refractivity contribution in [3.63, 3.8) is 0 Å². The summed E-state index contributed by atoms with van der Waals surface area (Å²) in [5, 5.41) is 2.38. The van der Waals surface area contributed by atoms with Crippen LogP contribution in [0, 0.1) is 11.6 Å². The second kappa shape index (κ2) is 6.40. The van der Waals surface area contributed by atoms with Crippen molar-refractivity contribution in [3.8, 4) is 0 Å². The van der Waals surface area contributed by atoms with Crippen molar-refractivity contribution in [1.29, 1.82) is 0 Å². The maximum absolute atomic E-state index is 13.1. The normalized spacial score (nSPS) is 11.5. The summed E-state index contributed by atoms with van der Waals surface area (Å²) >= 11 is 0. The Morgan fingerprint density at radius 1 is 1.44 bits per heavy atom. The highest BCUT2D eigenvalue weighted by Crippen LogP contribution is 2.11. The van der Waals surface area contributed by atoms with Crippen LogP contribution in [-0.2, 0) is 0 Å². The molecule has 1 rings (SSSR count). The van der Waals surface area contributed by atoms with Gasteiger partial charge in [-0.3, -0.25) is 4.79 Å². The van der Waals surface area contributed by atoms with E-state index in [1.807, 2.05) is 0 Å². The zero-order chi connectivity index (χ0) is 11.4. The van der Waals surface area contributed by atoms with Crippen LogP contribution in [0.15, 0.2) is 18.2 Å². The zero-order valence-electron chi connectivity index (χ0n) is 8.67. The van der Waals surface area contributed by atoms with Crippen molar-refractivity contribution in [1.82, 2.24) is 5.32 Å². The van der Waals surface area contributed by atoms with E-state index >= 15 is 0 Å². The van der Waals surface area contributed by atoms with Gasteiger partial charge in [0, 0.05) is 12.6 Å². The third-order valence-corrected chi connectivity index (χ3v) is 1.92. The lowest BCUT2D eigenvalue weighted by molar-refractivity contribution is 0.0933. The molecule has 6 heteroatoms. The molecule has 3 nitrogen and oxygen atoms in total. The van der Waals surface area contributed by atoms with Crippen molar-refractivity contribution < 1.29 is 13.6 Å². The minimum Gasteiger partial charge on any atom is -0.348 e. The molecule has 3 N–H and O–H groups in total. The van der Waals surface area contributed by atoms with Gasteiger partial charge in [-0.25, -0.2) is 8.78 Å². The molecule has 0 aliphatic heterocycles. The first-order chi connectivity index (χ1) is 7.06. The van der Waals surface area contributed by atoms with Crippen LogP contribution in [-0.4, -0.2) is 18.5 Å². The van der Waals surface area contributed by atoms with Gasteiger partial charge in [0.25, 0.3) is 5.91 Å². The van der Waals surface area contributed by atoms with Crippen LogP contribution in [0.3, 0.4) is 0 Å². The Hall–Kier alpha value is -1.20. The number of hydrogen-bond acceptors (Lipinski definition) is 2. The molecule has 0 saturated carbocycles. The Balaban J connectivity index is 0.00000225. The van der Waals surface area contributed by atoms with Crippen molar-refractivity contribution >= 4 is 18.3 Å². The molecule has 0 aliphatic rings. The number of halogens is 3. The largest absolute Gasteiger partial charge is 0.348 e. The van der Waals surface area contributed by atoms with E-state index in [-0.39, 0.29) is 25.0 Å². The van der Waals surface area contributed by atoms with Gasteiger partial charge >= 0.3 is 0 Å². The number of carbonyl (C=O) groups excluding carboxylic acids is 1. The summed E-state index contributed by atoms with van der Waals surface area (Å²) in [6.45, 7) is 1.86. The molecule has 1 aromatic carbocycles. The Labute approximate surface area is 98.4 Å². The first-order valence-electron chi connectivity index (χ1n) is 4.51. The van der Waals surface area contributed by atoms with E-state index in [2.05, 4.69) is 5.32 Å². The number of benzene rings is 1. The minimum atomic E-state index is -0.878. The number of nitrogens with one attached hydrogen (secondary N) is 1. The summed E-state index contributed by atoms with van der Waals surface area (Å²) in [6.07, 6.45) is 0. The molecule has 0 radical (unpaired) electrons. The van der Waals surface area contributed by atoms with E-state index in [0.717, 1.165) is 12.1 Å². The van der Waals surface area contributed by atoms with Crippen LogP contribution in [0.4, 0.5) is 8.78 Å². The van der Waals surface area contributed by atoms with Gasteiger partial charge in [-0.1, -0.05) is 6.07 Å². The van der Waals surface area contributed by atoms with Gasteiger partial charge in [-0.15, -0.1) is 12.4 Å². The van der Waals surface area contributed by atoms with E-state index in [0.29, 0.717) is 0 Å². The minimum absolute atomic E-state index is 0. The molecule has 0 aromatic heterocycles. The van der Waals surface area contributed by atoms with Crippen LogP contribution >= 0.6 is 12.4 Å². The Morgan fingerprint density at radius 2 is 1.94 bits per heavy atom. The van der Waals surface area contributed by atoms with E-state index in [4.69, 9.17) is 5.73 Å². The predicted molar refractivity (Wildman–Crippen MR) is 59.6 cm³/mol. The van der Waals surface area contributed by atoms with Crippen molar-refractivity contribution in [3.05, 3.63) is 35.4 Å². The SMILES string of the molecule is C[C@@H](CN)NC(=O)c1c(F)cccc1F.Cl. The molecule has 1 aromatic rings. The first kappa shape index (κ1) is 14.8. The van der Waals surface area contributed by atoms with Gasteiger partial charge in [0.05, 0.1) is 0 Å². The van der Waals surface area contributed by atoms with Gasteiger partial charge in [-0.2, -0.15) is 0 Å². The molecule has 0 bridgehead atoms. The Morgan fingerprint density at radius 3 is 2.38 bits per heavy atom. The Kier molecular flexibility index (Phi) is 5.92. The average Bonchev–Trinajstić information content (AvgIpc) is 2.17. The lowest BCUT2D eigenvalue weighted by atomic mass is 10.1. The lowest BCUT2D eigenvalue weighted by Crippen LogP contribution is -2.38. The molecule has 0 saturated heterocycles. The summed E-state index contributed by atoms with van der Waals surface area (Å²) in [7, 11) is 0. The standard InChI is InChI=1S/C10H12F2N2O.ClH/c1-6(5-13)14-10(15)9-7(11)3-2-4-8(9)12;/h2-4,6H,5,13H2,1H3,(H,14,15);1H/t6-;/m0./s1. The predicted octanol–water partition coefficient (Wildman–Crippen LogP) is 1.46. The van der Waals surface area contributed by atoms with Gasteiger partial charge < -0.3 is 11.1 Å². The molecule has 16 heavy (non-hydrogen) atoms. The number of carbonyl (C=O) groups is 1. The number of amides is 1. The molecule has 0 aliphatic carbocycles. The van der Waals surface area contributed by atoms with Crippen LogP contribution in [0.5, 0.6) is 0 Å². The first-order valence-corrected chi connectivity index (χ1v) is 4.51. The van der Waals surface area contributed by atoms with Crippen molar-refractivity contribution in [2.45, 2.75) is 13.0 Å². The van der Waals surface area contributed by atoms with Gasteiger partial charge in [-0.05, 0) is 19.1 Å². The zero-order valence-corrected chi connectivity index (χ0v) is 9.48. The summed E-state index contributed by atoms with van der Waals surface area (Å²) in [5.74, 6) is -2.54. The van der Waals surface area contributed by atoms with E-state index < -0.39 is 23.1 Å². The van der Waals surface area contributed by atoms with E-state index in [1.54, 1.807) is 6.92 Å². The summed E-state index contributed by atoms with van der Waals surface area (Å²) < 4.78 is 26.2. The number of rotatable bonds is 3. The highest BCUT2D eigenvalue weighted by molar-refractivity contribution is 5.94.